The van der Waals surface area contributed by atoms with Crippen LogP contribution >= 0.6 is 0 Å². The summed E-state index contributed by atoms with van der Waals surface area (Å²) >= 11 is 0. The maximum absolute atomic E-state index is 13.5. The zero-order valence-electron chi connectivity index (χ0n) is 19.7. The minimum Gasteiger partial charge on any atom is -0.493 e. The Balaban J connectivity index is 2.10. The van der Waals surface area contributed by atoms with E-state index in [0.717, 1.165) is 11.1 Å². The molecule has 0 unspecified atom stereocenters. The third-order valence-corrected chi connectivity index (χ3v) is 5.48. The molecule has 0 aromatic heterocycles. The van der Waals surface area contributed by atoms with Crippen LogP contribution in [0.25, 0.3) is 6.08 Å². The molecule has 0 fully saturated rings. The summed E-state index contributed by atoms with van der Waals surface area (Å²) in [7, 11) is 1.54. The van der Waals surface area contributed by atoms with Crippen LogP contribution in [0.4, 0.5) is 5.69 Å². The summed E-state index contributed by atoms with van der Waals surface area (Å²) in [5, 5.41) is 0. The minimum absolute atomic E-state index is 0.212. The van der Waals surface area contributed by atoms with E-state index in [0.29, 0.717) is 35.1 Å². The van der Waals surface area contributed by atoms with Gasteiger partial charge in [0.1, 0.15) is 6.61 Å². The number of hydrogen-bond donors (Lipinski definition) is 0. The van der Waals surface area contributed by atoms with Crippen molar-refractivity contribution in [3.05, 3.63) is 82.6 Å². The van der Waals surface area contributed by atoms with Gasteiger partial charge in [-0.3, -0.25) is 9.69 Å². The fraction of sp³-hybridized carbons (Fsp3) is 0.259. The number of rotatable bonds is 8. The lowest BCUT2D eigenvalue weighted by atomic mass is 10.0. The summed E-state index contributed by atoms with van der Waals surface area (Å²) < 4.78 is 16.3. The molecule has 0 saturated heterocycles. The Bertz CT molecular complexity index is 1160. The zero-order chi connectivity index (χ0) is 24.1. The van der Waals surface area contributed by atoms with Gasteiger partial charge in [0, 0.05) is 11.4 Å². The summed E-state index contributed by atoms with van der Waals surface area (Å²) in [5.74, 6) is 0.260. The number of ether oxygens (including phenoxy) is 3. The molecule has 0 radical (unpaired) electrons. The molecule has 1 amide bonds. The van der Waals surface area contributed by atoms with E-state index < -0.39 is 5.97 Å². The highest BCUT2D eigenvalue weighted by Crippen LogP contribution is 2.37. The van der Waals surface area contributed by atoms with E-state index in [1.807, 2.05) is 32.0 Å². The molecule has 172 valence electrons. The van der Waals surface area contributed by atoms with E-state index in [4.69, 9.17) is 14.2 Å². The van der Waals surface area contributed by atoms with Crippen molar-refractivity contribution < 1.29 is 23.8 Å². The van der Waals surface area contributed by atoms with Crippen molar-refractivity contribution in [3.8, 4) is 11.5 Å². The highest BCUT2D eigenvalue weighted by atomic mass is 16.5. The van der Waals surface area contributed by atoms with Crippen molar-refractivity contribution in [1.82, 2.24) is 0 Å². The first-order valence-electron chi connectivity index (χ1n) is 10.8. The number of carbonyl (C=O) groups excluding carboxylic acids is 2. The quantitative estimate of drug-likeness (QED) is 0.318. The second-order valence-corrected chi connectivity index (χ2v) is 7.66. The molecule has 0 N–H and O–H groups in total. The number of allylic oxidation sites excluding steroid dienone is 1. The topological polar surface area (TPSA) is 65.1 Å². The van der Waals surface area contributed by atoms with Gasteiger partial charge in [0.15, 0.2) is 11.5 Å². The van der Waals surface area contributed by atoms with Crippen LogP contribution in [0.1, 0.15) is 30.5 Å². The second-order valence-electron chi connectivity index (χ2n) is 7.66. The Morgan fingerprint density at radius 2 is 1.82 bits per heavy atom. The van der Waals surface area contributed by atoms with Gasteiger partial charge in [-0.15, -0.1) is 0 Å². The van der Waals surface area contributed by atoms with Crippen LogP contribution in [0, 0.1) is 13.8 Å². The summed E-state index contributed by atoms with van der Waals surface area (Å²) in [6.45, 7) is 11.7. The summed E-state index contributed by atoms with van der Waals surface area (Å²) in [5.41, 5.74) is 4.64. The van der Waals surface area contributed by atoms with Crippen molar-refractivity contribution in [2.24, 2.45) is 0 Å². The molecule has 2 aromatic rings. The van der Waals surface area contributed by atoms with Gasteiger partial charge in [0.2, 0.25) is 0 Å². The molecule has 0 atom stereocenters. The number of amides is 1. The molecule has 0 saturated carbocycles. The molecule has 6 heteroatoms. The van der Waals surface area contributed by atoms with Crippen LogP contribution in [0.3, 0.4) is 0 Å². The molecule has 0 spiro atoms. The third-order valence-electron chi connectivity index (χ3n) is 5.48. The molecule has 0 aliphatic carbocycles. The Morgan fingerprint density at radius 1 is 1.06 bits per heavy atom. The average Bonchev–Trinajstić information content (AvgIpc) is 3.04. The number of hydrogen-bond acceptors (Lipinski definition) is 5. The predicted molar refractivity (Wildman–Crippen MR) is 129 cm³/mol. The molecular weight excluding hydrogens is 418 g/mol. The fourth-order valence-electron chi connectivity index (χ4n) is 3.67. The summed E-state index contributed by atoms with van der Waals surface area (Å²) in [6, 6.07) is 11.1. The Labute approximate surface area is 194 Å². The monoisotopic (exact) mass is 447 g/mol. The van der Waals surface area contributed by atoms with Crippen molar-refractivity contribution in [3.63, 3.8) is 0 Å². The number of aryl methyl sites for hydroxylation is 2. The van der Waals surface area contributed by atoms with Crippen LogP contribution in [-0.2, 0) is 14.3 Å². The number of carbonyl (C=O) groups is 2. The van der Waals surface area contributed by atoms with E-state index in [1.54, 1.807) is 56.2 Å². The zero-order valence-corrected chi connectivity index (χ0v) is 19.7. The third kappa shape index (κ3) is 4.85. The first-order valence-corrected chi connectivity index (χ1v) is 10.8. The second kappa shape index (κ2) is 10.2. The lowest BCUT2D eigenvalue weighted by Crippen LogP contribution is -2.24. The lowest BCUT2D eigenvalue weighted by molar-refractivity contribution is -0.138. The maximum Gasteiger partial charge on any atom is 0.340 e. The Kier molecular flexibility index (Phi) is 7.38. The number of esters is 1. The van der Waals surface area contributed by atoms with Crippen LogP contribution in [0.15, 0.2) is 65.9 Å². The van der Waals surface area contributed by atoms with Crippen LogP contribution in [0.5, 0.6) is 11.5 Å². The molecule has 1 aliphatic heterocycles. The highest BCUT2D eigenvalue weighted by molar-refractivity contribution is 6.23. The molecule has 1 heterocycles. The maximum atomic E-state index is 13.5. The SMILES string of the molecule is C=CCOc1ccc(C=C2C(=O)N(c3ccc(C)c(C)c3)C(C)=C2C(=O)OCC)cc1OC. The Morgan fingerprint density at radius 3 is 2.45 bits per heavy atom. The van der Waals surface area contributed by atoms with E-state index in [9.17, 15) is 9.59 Å². The van der Waals surface area contributed by atoms with Gasteiger partial charge < -0.3 is 14.2 Å². The molecular formula is C27H29NO5. The average molecular weight is 448 g/mol. The molecule has 6 nitrogen and oxygen atoms in total. The molecule has 1 aliphatic rings. The van der Waals surface area contributed by atoms with Gasteiger partial charge >= 0.3 is 5.97 Å². The van der Waals surface area contributed by atoms with Gasteiger partial charge in [-0.05, 0) is 74.7 Å². The summed E-state index contributed by atoms with van der Waals surface area (Å²) in [6.07, 6.45) is 3.33. The largest absolute Gasteiger partial charge is 0.493 e. The van der Waals surface area contributed by atoms with Crippen molar-refractivity contribution in [1.29, 1.82) is 0 Å². The van der Waals surface area contributed by atoms with Crippen molar-refractivity contribution in [2.45, 2.75) is 27.7 Å². The highest BCUT2D eigenvalue weighted by Gasteiger charge is 2.38. The van der Waals surface area contributed by atoms with Crippen LogP contribution in [0.2, 0.25) is 0 Å². The number of benzene rings is 2. The summed E-state index contributed by atoms with van der Waals surface area (Å²) in [4.78, 5) is 27.9. The number of nitrogens with zero attached hydrogens (tertiary/aromatic N) is 1. The fourth-order valence-corrected chi connectivity index (χ4v) is 3.67. The minimum atomic E-state index is -0.529. The van der Waals surface area contributed by atoms with Gasteiger partial charge in [-0.25, -0.2) is 4.79 Å². The van der Waals surface area contributed by atoms with E-state index in [2.05, 4.69) is 6.58 Å². The number of anilines is 1. The van der Waals surface area contributed by atoms with Crippen LogP contribution < -0.4 is 14.4 Å². The first-order chi connectivity index (χ1) is 15.8. The molecule has 2 aromatic carbocycles. The van der Waals surface area contributed by atoms with Crippen molar-refractivity contribution in [2.75, 3.05) is 25.2 Å². The lowest BCUT2D eigenvalue weighted by Gasteiger charge is -2.19. The first kappa shape index (κ1) is 23.9. The predicted octanol–water partition coefficient (Wildman–Crippen LogP) is 5.14. The Hall–Kier alpha value is -3.80. The number of methoxy groups -OCH3 is 1. The standard InChI is InChI=1S/C27H29NO5/c1-7-13-33-23-12-10-20(16-24(23)31-6)15-22-25(27(30)32-8-2)19(5)28(26(22)29)21-11-9-17(3)18(4)14-21/h7,9-12,14-16H,1,8,13H2,2-6H3. The van der Waals surface area contributed by atoms with E-state index in [1.165, 1.54) is 0 Å². The molecule has 33 heavy (non-hydrogen) atoms. The molecule has 3 rings (SSSR count). The van der Waals surface area contributed by atoms with Crippen molar-refractivity contribution >= 4 is 23.6 Å². The van der Waals surface area contributed by atoms with Gasteiger partial charge in [-0.2, -0.15) is 0 Å². The van der Waals surface area contributed by atoms with Gasteiger partial charge in [0.05, 0.1) is 24.9 Å². The molecule has 0 bridgehead atoms. The van der Waals surface area contributed by atoms with E-state index >= 15 is 0 Å². The van der Waals surface area contributed by atoms with Gasteiger partial charge in [-0.1, -0.05) is 24.8 Å². The normalized spacial score (nSPS) is 14.6. The van der Waals surface area contributed by atoms with Gasteiger partial charge in [0.25, 0.3) is 5.91 Å². The van der Waals surface area contributed by atoms with E-state index in [-0.39, 0.29) is 23.7 Å². The smallest absolute Gasteiger partial charge is 0.340 e. The van der Waals surface area contributed by atoms with Crippen LogP contribution in [-0.4, -0.2) is 32.2 Å².